The highest BCUT2D eigenvalue weighted by Crippen LogP contribution is 2.33. The molecule has 0 unspecified atom stereocenters. The Hall–Kier alpha value is -2.83. The molecule has 0 aliphatic heterocycles. The smallest absolute Gasteiger partial charge is 0.306 e. The zero-order valence-corrected chi connectivity index (χ0v) is 19.8. The molecular weight excluding hydrogens is 487 g/mol. The lowest BCUT2D eigenvalue weighted by Gasteiger charge is -2.19. The van der Waals surface area contributed by atoms with Gasteiger partial charge in [-0.2, -0.15) is 13.7 Å². The van der Waals surface area contributed by atoms with Crippen LogP contribution in [-0.4, -0.2) is 38.8 Å². The molecule has 1 atom stereocenters. The molecule has 0 spiro atoms. The van der Waals surface area contributed by atoms with Gasteiger partial charge in [-0.25, -0.2) is 0 Å². The molecule has 172 valence electrons. The lowest BCUT2D eigenvalue weighted by atomic mass is 9.95. The van der Waals surface area contributed by atoms with Gasteiger partial charge in [0, 0.05) is 19.1 Å². The lowest BCUT2D eigenvalue weighted by Crippen LogP contribution is -2.30. The first-order valence-electron chi connectivity index (χ1n) is 9.84. The van der Waals surface area contributed by atoms with Gasteiger partial charge >= 0.3 is 10.1 Å². The molecule has 0 aliphatic rings. The van der Waals surface area contributed by atoms with E-state index < -0.39 is 16.0 Å². The molecule has 0 aliphatic carbocycles. The largest absolute Gasteiger partial charge is 0.396 e. The van der Waals surface area contributed by atoms with Crippen molar-refractivity contribution in [1.29, 1.82) is 5.26 Å². The van der Waals surface area contributed by atoms with Crippen molar-refractivity contribution in [3.63, 3.8) is 0 Å². The quantitative estimate of drug-likeness (QED) is 0.441. The average molecular weight is 507 g/mol. The van der Waals surface area contributed by atoms with Gasteiger partial charge in [0.05, 0.1) is 27.4 Å². The van der Waals surface area contributed by atoms with Crippen molar-refractivity contribution in [3.05, 3.63) is 75.3 Å². The van der Waals surface area contributed by atoms with Crippen LogP contribution in [0.5, 0.6) is 5.75 Å². The summed E-state index contributed by atoms with van der Waals surface area (Å²) < 4.78 is 28.8. The molecule has 7 nitrogen and oxygen atoms in total. The number of nitrogens with zero attached hydrogens (tertiary/aromatic N) is 1. The van der Waals surface area contributed by atoms with Gasteiger partial charge in [-0.15, -0.1) is 0 Å². The maximum atomic E-state index is 13.3. The molecule has 3 rings (SSSR count). The predicted octanol–water partition coefficient (Wildman–Crippen LogP) is 4.25. The number of hydrogen-bond donors (Lipinski definition) is 2. The van der Waals surface area contributed by atoms with Gasteiger partial charge in [-0.3, -0.25) is 4.79 Å². The fourth-order valence-corrected chi connectivity index (χ4v) is 4.27. The van der Waals surface area contributed by atoms with E-state index in [0.717, 1.165) is 11.8 Å². The summed E-state index contributed by atoms with van der Waals surface area (Å²) >= 11 is 12.1. The molecule has 0 bridgehead atoms. The van der Waals surface area contributed by atoms with E-state index in [4.69, 9.17) is 27.4 Å². The Balaban J connectivity index is 2.02. The summed E-state index contributed by atoms with van der Waals surface area (Å²) in [4.78, 5) is 13.3. The number of benzene rings is 3. The van der Waals surface area contributed by atoms with Crippen LogP contribution in [0.25, 0.3) is 10.8 Å². The first-order valence-corrected chi connectivity index (χ1v) is 12.4. The minimum atomic E-state index is -4.02. The Morgan fingerprint density at radius 1 is 1.18 bits per heavy atom. The molecule has 2 N–H and O–H groups in total. The van der Waals surface area contributed by atoms with E-state index in [-0.39, 0.29) is 35.9 Å². The van der Waals surface area contributed by atoms with Gasteiger partial charge in [0.1, 0.15) is 6.07 Å². The highest BCUT2D eigenvalue weighted by molar-refractivity contribution is 7.86. The molecule has 0 heterocycles. The van der Waals surface area contributed by atoms with Crippen LogP contribution in [0.2, 0.25) is 10.0 Å². The van der Waals surface area contributed by atoms with Crippen molar-refractivity contribution in [3.8, 4) is 11.8 Å². The molecule has 3 aromatic rings. The normalized spacial score (nSPS) is 12.2. The third-order valence-electron chi connectivity index (χ3n) is 4.99. The average Bonchev–Trinajstić information content (AvgIpc) is 2.76. The number of aliphatic hydroxyl groups excluding tert-OH is 1. The van der Waals surface area contributed by atoms with Crippen LogP contribution in [0.3, 0.4) is 0 Å². The highest BCUT2D eigenvalue weighted by Gasteiger charge is 2.24. The Morgan fingerprint density at radius 2 is 1.91 bits per heavy atom. The fourth-order valence-electron chi connectivity index (χ4n) is 3.49. The van der Waals surface area contributed by atoms with E-state index in [2.05, 4.69) is 5.32 Å². The third kappa shape index (κ3) is 5.95. The summed E-state index contributed by atoms with van der Waals surface area (Å²) in [5.74, 6) is -1.24. The number of carbonyl (C=O) groups is 1. The van der Waals surface area contributed by atoms with Crippen molar-refractivity contribution in [1.82, 2.24) is 5.32 Å². The standard InChI is InChI=1S/C23H20Cl2N2O5S/c1-33(30,31)32-22-17(12-26)10-15-4-2-3-5-18(15)21(22)23(29)27-13-16(8-9-28)14-6-7-19(24)20(25)11-14/h2-7,10-11,16,28H,8-9,13H2,1H3,(H,27,29)/t16-/m1/s1. The molecule has 0 saturated heterocycles. The second-order valence-electron chi connectivity index (χ2n) is 7.34. The van der Waals surface area contributed by atoms with Crippen molar-refractivity contribution < 1.29 is 22.5 Å². The summed E-state index contributed by atoms with van der Waals surface area (Å²) in [6, 6.07) is 15.2. The van der Waals surface area contributed by atoms with E-state index in [1.54, 1.807) is 42.5 Å². The fraction of sp³-hybridized carbons (Fsp3) is 0.217. The number of nitrogens with one attached hydrogen (secondary N) is 1. The lowest BCUT2D eigenvalue weighted by molar-refractivity contribution is 0.0949. The maximum Gasteiger partial charge on any atom is 0.306 e. The highest BCUT2D eigenvalue weighted by atomic mass is 35.5. The number of fused-ring (bicyclic) bond motifs is 1. The molecule has 0 fully saturated rings. The summed E-state index contributed by atoms with van der Waals surface area (Å²) in [6.45, 7) is -0.0170. The van der Waals surface area contributed by atoms with Crippen LogP contribution < -0.4 is 9.50 Å². The van der Waals surface area contributed by atoms with Crippen molar-refractivity contribution >= 4 is 50.0 Å². The monoisotopic (exact) mass is 506 g/mol. The van der Waals surface area contributed by atoms with Gasteiger partial charge in [-0.05, 0) is 41.0 Å². The molecular formula is C23H20Cl2N2O5S. The Bertz CT molecular complexity index is 1350. The Labute approximate surface area is 201 Å². The Morgan fingerprint density at radius 3 is 2.55 bits per heavy atom. The van der Waals surface area contributed by atoms with Gasteiger partial charge in [-0.1, -0.05) is 53.5 Å². The van der Waals surface area contributed by atoms with E-state index >= 15 is 0 Å². The second-order valence-corrected chi connectivity index (χ2v) is 9.73. The van der Waals surface area contributed by atoms with Gasteiger partial charge in [0.2, 0.25) is 0 Å². The topological polar surface area (TPSA) is 116 Å². The maximum absolute atomic E-state index is 13.3. The first kappa shape index (κ1) is 24.8. The summed E-state index contributed by atoms with van der Waals surface area (Å²) in [7, 11) is -4.02. The number of hydrogen-bond acceptors (Lipinski definition) is 6. The summed E-state index contributed by atoms with van der Waals surface area (Å²) in [5, 5.41) is 23.6. The van der Waals surface area contributed by atoms with E-state index in [0.29, 0.717) is 27.2 Å². The predicted molar refractivity (Wildman–Crippen MR) is 127 cm³/mol. The second kappa shape index (κ2) is 10.4. The van der Waals surface area contributed by atoms with Crippen LogP contribution in [0.4, 0.5) is 0 Å². The van der Waals surface area contributed by atoms with Gasteiger partial charge < -0.3 is 14.6 Å². The molecule has 1 amide bonds. The van der Waals surface area contributed by atoms with Crippen molar-refractivity contribution in [2.75, 3.05) is 19.4 Å². The third-order valence-corrected chi connectivity index (χ3v) is 6.19. The van der Waals surface area contributed by atoms with E-state index in [1.807, 2.05) is 6.07 Å². The van der Waals surface area contributed by atoms with Crippen LogP contribution >= 0.6 is 23.2 Å². The zero-order valence-electron chi connectivity index (χ0n) is 17.5. The molecule has 0 aromatic heterocycles. The van der Waals surface area contributed by atoms with Crippen LogP contribution in [0.1, 0.15) is 33.8 Å². The van der Waals surface area contributed by atoms with Crippen LogP contribution in [-0.2, 0) is 10.1 Å². The molecule has 10 heteroatoms. The summed E-state index contributed by atoms with van der Waals surface area (Å²) in [5.41, 5.74) is 0.620. The number of amides is 1. The van der Waals surface area contributed by atoms with Gasteiger partial charge in [0.15, 0.2) is 5.75 Å². The minimum Gasteiger partial charge on any atom is -0.396 e. The molecule has 3 aromatic carbocycles. The number of halogens is 2. The minimum absolute atomic E-state index is 0.0630. The molecule has 0 saturated carbocycles. The zero-order chi connectivity index (χ0) is 24.2. The van der Waals surface area contributed by atoms with Gasteiger partial charge in [0.25, 0.3) is 5.91 Å². The van der Waals surface area contributed by atoms with E-state index in [1.165, 1.54) is 6.07 Å². The number of carbonyl (C=O) groups excluding carboxylic acids is 1. The Kier molecular flexibility index (Phi) is 7.82. The van der Waals surface area contributed by atoms with Crippen LogP contribution in [0, 0.1) is 11.3 Å². The van der Waals surface area contributed by atoms with E-state index in [9.17, 15) is 23.6 Å². The van der Waals surface area contributed by atoms with Crippen molar-refractivity contribution in [2.24, 2.45) is 0 Å². The van der Waals surface area contributed by atoms with Crippen LogP contribution in [0.15, 0.2) is 48.5 Å². The molecule has 33 heavy (non-hydrogen) atoms. The number of nitriles is 1. The van der Waals surface area contributed by atoms with Crippen molar-refractivity contribution in [2.45, 2.75) is 12.3 Å². The SMILES string of the molecule is CS(=O)(=O)Oc1c(C#N)cc2ccccc2c1C(=O)NC[C@@H](CCO)c1ccc(Cl)c(Cl)c1. The summed E-state index contributed by atoms with van der Waals surface area (Å²) in [6.07, 6.45) is 1.18. The molecule has 0 radical (unpaired) electrons. The number of aliphatic hydroxyl groups is 1. The number of rotatable bonds is 8. The first-order chi connectivity index (χ1) is 15.6.